The highest BCUT2D eigenvalue weighted by atomic mass is 16.5. The molecule has 3 aromatic carbocycles. The van der Waals surface area contributed by atoms with E-state index >= 15 is 0 Å². The highest BCUT2D eigenvalue weighted by Crippen LogP contribution is 2.47. The summed E-state index contributed by atoms with van der Waals surface area (Å²) < 4.78 is 17.2. The quantitative estimate of drug-likeness (QED) is 0.0344. The van der Waals surface area contributed by atoms with E-state index in [-0.39, 0.29) is 42.0 Å². The molecule has 1 aliphatic heterocycles. The van der Waals surface area contributed by atoms with E-state index in [1.807, 2.05) is 34.6 Å². The first kappa shape index (κ1) is 61.8. The van der Waals surface area contributed by atoms with Crippen molar-refractivity contribution in [1.29, 1.82) is 0 Å². The standard InChI is InChI=1S/C56H72N8O15/c1-8-56(7,23-26-78-55(4,5)6)79-32-45(67)61-38-18-20-40-39-19-17-37(60-44(66)30-65)27-41(39)49(42(40)28-38)53(75)59-33(2)50(72)58-34(3)51(73)63-43(29-48(70)71)52(74)62-36-15-13-35(14-16-36)31-77-54(76)57-24-11-9-10-12-25-64-46(68)21-22-47(64)69/h13-22,27-28,33-34,43,49,65H,8-12,23-26,29-32H2,1-7H3,(H,57,76)(H,58,72)(H,59,75)(H,60,66)(H,61,67)(H,62,74)(H,63,73)(H,70,71). The molecule has 0 spiro atoms. The van der Waals surface area contributed by atoms with Gasteiger partial charge in [0, 0.05) is 42.3 Å². The first-order chi connectivity index (χ1) is 37.4. The zero-order valence-corrected chi connectivity index (χ0v) is 45.6. The molecular weight excluding hydrogens is 1020 g/mol. The molecule has 1 heterocycles. The maximum absolute atomic E-state index is 14.3. The van der Waals surface area contributed by atoms with Gasteiger partial charge in [0.15, 0.2) is 0 Å². The number of carboxylic acid groups (broad SMARTS) is 1. The van der Waals surface area contributed by atoms with Crippen molar-refractivity contribution in [2.45, 2.75) is 135 Å². The number of nitrogens with zero attached hydrogens (tertiary/aromatic N) is 1. The smallest absolute Gasteiger partial charge is 0.407 e. The number of benzene rings is 3. The fourth-order valence-electron chi connectivity index (χ4n) is 8.41. The molecule has 0 saturated carbocycles. The van der Waals surface area contributed by atoms with Gasteiger partial charge in [-0.05, 0) is 131 Å². The molecule has 79 heavy (non-hydrogen) atoms. The van der Waals surface area contributed by atoms with E-state index in [2.05, 4.69) is 37.2 Å². The molecule has 0 bridgehead atoms. The molecule has 5 unspecified atom stereocenters. The number of carbonyl (C=O) groups excluding carboxylic acids is 9. The van der Waals surface area contributed by atoms with Gasteiger partial charge in [0.1, 0.15) is 37.9 Å². The summed E-state index contributed by atoms with van der Waals surface area (Å²) in [5, 5.41) is 37.1. The van der Waals surface area contributed by atoms with E-state index < -0.39 is 90.2 Å². The Morgan fingerprint density at radius 1 is 0.684 bits per heavy atom. The number of ether oxygens (including phenoxy) is 3. The number of hydrogen-bond acceptors (Lipinski definition) is 14. The molecule has 0 radical (unpaired) electrons. The van der Waals surface area contributed by atoms with Crippen LogP contribution in [0.15, 0.2) is 72.8 Å². The Hall–Kier alpha value is -8.02. The van der Waals surface area contributed by atoms with Crippen molar-refractivity contribution in [1.82, 2.24) is 26.2 Å². The van der Waals surface area contributed by atoms with Crippen molar-refractivity contribution in [3.63, 3.8) is 0 Å². The van der Waals surface area contributed by atoms with Crippen LogP contribution >= 0.6 is 0 Å². The van der Waals surface area contributed by atoms with Gasteiger partial charge in [-0.1, -0.05) is 44.0 Å². The molecule has 2 aliphatic rings. The Balaban J connectivity index is 1.13. The lowest BCUT2D eigenvalue weighted by atomic mass is 9.95. The third kappa shape index (κ3) is 18.9. The van der Waals surface area contributed by atoms with E-state index in [0.717, 1.165) is 12.8 Å². The van der Waals surface area contributed by atoms with Gasteiger partial charge in [-0.25, -0.2) is 4.79 Å². The minimum absolute atomic E-state index is 0.0980. The zero-order chi connectivity index (χ0) is 58.0. The number of carboxylic acids is 1. The molecule has 426 valence electrons. The molecule has 23 nitrogen and oxygen atoms in total. The molecule has 9 N–H and O–H groups in total. The van der Waals surface area contributed by atoms with Crippen LogP contribution in [0.25, 0.3) is 11.1 Å². The van der Waals surface area contributed by atoms with Crippen molar-refractivity contribution in [2.24, 2.45) is 0 Å². The summed E-state index contributed by atoms with van der Waals surface area (Å²) >= 11 is 0. The Bertz CT molecular complexity index is 2760. The lowest BCUT2D eigenvalue weighted by Gasteiger charge is -2.30. The number of fused-ring (bicyclic) bond motifs is 3. The normalized spacial score (nSPS) is 15.3. The largest absolute Gasteiger partial charge is 0.481 e. The Kier molecular flexibility index (Phi) is 22.4. The second-order valence-corrected chi connectivity index (χ2v) is 20.5. The van der Waals surface area contributed by atoms with Gasteiger partial charge in [0.25, 0.3) is 11.8 Å². The molecule has 9 amide bonds. The van der Waals surface area contributed by atoms with E-state index in [1.165, 1.54) is 43.0 Å². The van der Waals surface area contributed by atoms with E-state index in [1.54, 1.807) is 48.5 Å². The second-order valence-electron chi connectivity index (χ2n) is 20.5. The van der Waals surface area contributed by atoms with E-state index in [4.69, 9.17) is 14.2 Å². The number of alkyl carbamates (subject to hydrolysis) is 1. The molecular formula is C56H72N8O15. The van der Waals surface area contributed by atoms with Crippen molar-refractivity contribution >= 4 is 76.4 Å². The zero-order valence-electron chi connectivity index (χ0n) is 45.6. The number of unbranched alkanes of at least 4 members (excludes halogenated alkanes) is 3. The van der Waals surface area contributed by atoms with Gasteiger partial charge in [-0.3, -0.25) is 48.1 Å². The Morgan fingerprint density at radius 3 is 1.84 bits per heavy atom. The van der Waals surface area contributed by atoms with Crippen LogP contribution in [0, 0.1) is 0 Å². The number of aliphatic hydroxyl groups is 1. The number of hydrogen-bond donors (Lipinski definition) is 9. The Morgan fingerprint density at radius 2 is 1.25 bits per heavy atom. The lowest BCUT2D eigenvalue weighted by molar-refractivity contribution is -0.140. The van der Waals surface area contributed by atoms with Crippen molar-refractivity contribution in [3.05, 3.63) is 89.5 Å². The number of aliphatic hydroxyl groups excluding tert-OH is 1. The summed E-state index contributed by atoms with van der Waals surface area (Å²) in [6.45, 7) is 12.4. The van der Waals surface area contributed by atoms with Gasteiger partial charge >= 0.3 is 12.1 Å². The van der Waals surface area contributed by atoms with Gasteiger partial charge in [-0.15, -0.1) is 0 Å². The molecule has 23 heteroatoms. The molecule has 0 fully saturated rings. The molecule has 1 aliphatic carbocycles. The predicted molar refractivity (Wildman–Crippen MR) is 290 cm³/mol. The number of nitrogens with one attached hydrogen (secondary N) is 7. The average molecular weight is 1100 g/mol. The summed E-state index contributed by atoms with van der Waals surface area (Å²) in [5.41, 5.74) is 2.66. The third-order valence-corrected chi connectivity index (χ3v) is 13.0. The highest BCUT2D eigenvalue weighted by molar-refractivity contribution is 6.13. The monoisotopic (exact) mass is 1100 g/mol. The first-order valence-corrected chi connectivity index (χ1v) is 26.1. The summed E-state index contributed by atoms with van der Waals surface area (Å²) in [6.07, 6.45) is 5.04. The van der Waals surface area contributed by atoms with Crippen LogP contribution in [0.2, 0.25) is 0 Å². The maximum atomic E-state index is 14.3. The van der Waals surface area contributed by atoms with Crippen LogP contribution in [0.1, 0.15) is 116 Å². The van der Waals surface area contributed by atoms with Gasteiger partial charge in [0.05, 0.1) is 30.1 Å². The molecule has 3 aromatic rings. The minimum atomic E-state index is -1.59. The number of rotatable bonds is 29. The van der Waals surface area contributed by atoms with E-state index in [9.17, 15) is 58.2 Å². The minimum Gasteiger partial charge on any atom is -0.481 e. The van der Waals surface area contributed by atoms with Gasteiger partial charge in [-0.2, -0.15) is 0 Å². The molecule has 0 saturated heterocycles. The van der Waals surface area contributed by atoms with Gasteiger partial charge < -0.3 is 61.6 Å². The molecule has 0 aromatic heterocycles. The topological polar surface area (TPSA) is 326 Å². The predicted octanol–water partition coefficient (Wildman–Crippen LogP) is 4.38. The number of carbonyl (C=O) groups is 10. The van der Waals surface area contributed by atoms with E-state index in [0.29, 0.717) is 78.9 Å². The molecule has 5 atom stereocenters. The summed E-state index contributed by atoms with van der Waals surface area (Å²) in [5.74, 6) is -7.49. The fraction of sp³-hybridized carbons (Fsp3) is 0.464. The number of amides is 9. The summed E-state index contributed by atoms with van der Waals surface area (Å²) in [4.78, 5) is 129. The average Bonchev–Trinajstić information content (AvgIpc) is 3.97. The van der Waals surface area contributed by atoms with Crippen molar-refractivity contribution in [3.8, 4) is 11.1 Å². The van der Waals surface area contributed by atoms with Gasteiger partial charge in [0.2, 0.25) is 35.4 Å². The van der Waals surface area contributed by atoms with Crippen molar-refractivity contribution < 1.29 is 72.4 Å². The number of imide groups is 1. The summed E-state index contributed by atoms with van der Waals surface area (Å²) in [6, 6.07) is 11.9. The molecule has 5 rings (SSSR count). The highest BCUT2D eigenvalue weighted by Gasteiger charge is 2.37. The van der Waals surface area contributed by atoms with Crippen LogP contribution in [-0.2, 0) is 64.0 Å². The fourth-order valence-corrected chi connectivity index (χ4v) is 8.41. The SMILES string of the molecule is CCC(C)(CCOC(C)(C)C)OCC(=O)Nc1ccc2c(c1)C(C(=O)NC(C)C(=O)NC(C)C(=O)NC(CC(=O)O)C(=O)Nc1ccc(COC(=O)NCCCCCCN3C(=O)C=CC3=O)cc1)c1cc(NC(=O)CO)ccc1-2. The van der Waals surface area contributed by atoms with Crippen molar-refractivity contribution in [2.75, 3.05) is 48.9 Å². The first-order valence-electron chi connectivity index (χ1n) is 26.1. The Labute approximate surface area is 458 Å². The number of aliphatic carboxylic acids is 1. The lowest BCUT2D eigenvalue weighted by Crippen LogP contribution is -2.55. The summed E-state index contributed by atoms with van der Waals surface area (Å²) in [7, 11) is 0. The van der Waals surface area contributed by atoms with Crippen LogP contribution in [-0.4, -0.2) is 137 Å². The number of anilines is 3. The van der Waals surface area contributed by atoms with Crippen LogP contribution in [0.5, 0.6) is 0 Å². The van der Waals surface area contributed by atoms with Crippen LogP contribution in [0.4, 0.5) is 21.9 Å². The maximum Gasteiger partial charge on any atom is 0.407 e. The van der Waals surface area contributed by atoms with Crippen LogP contribution in [0.3, 0.4) is 0 Å². The van der Waals surface area contributed by atoms with Crippen LogP contribution < -0.4 is 37.2 Å². The third-order valence-electron chi connectivity index (χ3n) is 13.0. The second kappa shape index (κ2) is 28.6.